The first-order valence-electron chi connectivity index (χ1n) is 4.38. The summed E-state index contributed by atoms with van der Waals surface area (Å²) in [6.07, 6.45) is 1.76. The molecule has 0 amide bonds. The van der Waals surface area contributed by atoms with Crippen LogP contribution in [-0.2, 0) is 10.3 Å². The Labute approximate surface area is 119 Å². The smallest absolute Gasteiger partial charge is 1.00 e. The molecule has 0 fully saturated rings. The van der Waals surface area contributed by atoms with Crippen molar-refractivity contribution in [3.8, 4) is 0 Å². The summed E-state index contributed by atoms with van der Waals surface area (Å²) in [7, 11) is 0. The minimum absolute atomic E-state index is 0. The van der Waals surface area contributed by atoms with Crippen LogP contribution < -0.4 is 17.0 Å². The van der Waals surface area contributed by atoms with Crippen LogP contribution in [0.3, 0.4) is 0 Å². The number of rotatable bonds is 4. The molecule has 1 aromatic rings. The fourth-order valence-corrected chi connectivity index (χ4v) is 1.14. The topological polar surface area (TPSA) is 9.23 Å². The maximum absolute atomic E-state index is 5.63. The van der Waals surface area contributed by atoms with Crippen molar-refractivity contribution in [2.24, 2.45) is 0 Å². The van der Waals surface area contributed by atoms with Crippen LogP contribution in [-0.4, -0.2) is 29.7 Å². The van der Waals surface area contributed by atoms with Gasteiger partial charge in [-0.1, -0.05) is 6.08 Å². The molecule has 0 saturated heterocycles. The predicted molar refractivity (Wildman–Crippen MR) is 60.2 cm³/mol. The van der Waals surface area contributed by atoms with Crippen molar-refractivity contribution in [2.75, 3.05) is 6.61 Å². The van der Waals surface area contributed by atoms with Gasteiger partial charge >= 0.3 is 23.1 Å². The van der Waals surface area contributed by atoms with Crippen molar-refractivity contribution in [3.05, 3.63) is 48.6 Å². The molecule has 0 aliphatic heterocycles. The van der Waals surface area contributed by atoms with E-state index in [9.17, 15) is 0 Å². The monoisotopic (exact) mass is 278 g/mol. The summed E-state index contributed by atoms with van der Waals surface area (Å²) in [5, 5.41) is 0. The molecular formula is C12H15BrMgO. The van der Waals surface area contributed by atoms with E-state index >= 15 is 0 Å². The zero-order valence-corrected chi connectivity index (χ0v) is 12.3. The molecule has 0 heterocycles. The van der Waals surface area contributed by atoms with Gasteiger partial charge in [0.2, 0.25) is 0 Å². The van der Waals surface area contributed by atoms with Gasteiger partial charge in [0.05, 0.1) is 12.2 Å². The Morgan fingerprint density at radius 2 is 1.93 bits per heavy atom. The van der Waals surface area contributed by atoms with E-state index in [1.807, 2.05) is 38.1 Å². The van der Waals surface area contributed by atoms with Crippen LogP contribution >= 0.6 is 0 Å². The fraction of sp³-hybridized carbons (Fsp3) is 0.333. The number of benzene rings is 1. The quantitative estimate of drug-likeness (QED) is 0.412. The number of hydrogen-bond donors (Lipinski definition) is 0. The van der Waals surface area contributed by atoms with E-state index in [2.05, 4.69) is 12.6 Å². The molecular weight excluding hydrogens is 264 g/mol. The van der Waals surface area contributed by atoms with Crippen LogP contribution in [0.1, 0.15) is 19.4 Å². The summed E-state index contributed by atoms with van der Waals surface area (Å²) < 4.78 is 5.63. The summed E-state index contributed by atoms with van der Waals surface area (Å²) in [5.41, 5.74) is 0.914. The Hall–Kier alpha value is 0.166. The first-order chi connectivity index (χ1) is 6.17. The van der Waals surface area contributed by atoms with Gasteiger partial charge in [0, 0.05) is 0 Å². The van der Waals surface area contributed by atoms with Crippen molar-refractivity contribution >= 4 is 23.1 Å². The van der Waals surface area contributed by atoms with Crippen LogP contribution in [0.15, 0.2) is 36.9 Å². The van der Waals surface area contributed by atoms with E-state index in [1.165, 1.54) is 0 Å². The average Bonchev–Trinajstić information content (AvgIpc) is 2.16. The fourth-order valence-electron chi connectivity index (χ4n) is 1.14. The second kappa shape index (κ2) is 8.33. The van der Waals surface area contributed by atoms with E-state index < -0.39 is 0 Å². The molecule has 0 radical (unpaired) electrons. The van der Waals surface area contributed by atoms with Crippen molar-refractivity contribution in [1.29, 1.82) is 0 Å². The Morgan fingerprint density at radius 1 is 1.40 bits per heavy atom. The predicted octanol–water partition coefficient (Wildman–Crippen LogP) is -0.452. The Balaban J connectivity index is 0. The molecule has 0 bridgehead atoms. The molecule has 0 unspecified atom stereocenters. The molecule has 1 nitrogen and oxygen atoms in total. The van der Waals surface area contributed by atoms with E-state index in [0.717, 1.165) is 5.56 Å². The summed E-state index contributed by atoms with van der Waals surface area (Å²) >= 11 is 0. The molecule has 0 atom stereocenters. The minimum Gasteiger partial charge on any atom is -1.00 e. The van der Waals surface area contributed by atoms with Crippen molar-refractivity contribution in [1.82, 2.24) is 0 Å². The second-order valence-corrected chi connectivity index (χ2v) is 3.40. The molecule has 78 valence electrons. The molecule has 0 saturated carbocycles. The number of ether oxygens (including phenoxy) is 1. The zero-order chi connectivity index (χ0) is 9.73. The van der Waals surface area contributed by atoms with Crippen LogP contribution in [0, 0.1) is 6.07 Å². The van der Waals surface area contributed by atoms with Gasteiger partial charge in [0.25, 0.3) is 0 Å². The number of hydrogen-bond acceptors (Lipinski definition) is 1. The van der Waals surface area contributed by atoms with Crippen molar-refractivity contribution in [3.63, 3.8) is 0 Å². The summed E-state index contributed by atoms with van der Waals surface area (Å²) in [6, 6.07) is 10.8. The normalized spacial score (nSPS) is 9.73. The molecule has 15 heavy (non-hydrogen) atoms. The maximum atomic E-state index is 5.63. The van der Waals surface area contributed by atoms with Gasteiger partial charge in [0.1, 0.15) is 0 Å². The Morgan fingerprint density at radius 3 is 2.40 bits per heavy atom. The van der Waals surface area contributed by atoms with Crippen LogP contribution in [0.4, 0.5) is 0 Å². The van der Waals surface area contributed by atoms with Crippen LogP contribution in [0.25, 0.3) is 0 Å². The second-order valence-electron chi connectivity index (χ2n) is 3.40. The van der Waals surface area contributed by atoms with Crippen LogP contribution in [0.2, 0.25) is 0 Å². The average molecular weight is 279 g/mol. The summed E-state index contributed by atoms with van der Waals surface area (Å²) in [4.78, 5) is 0. The molecule has 3 heteroatoms. The van der Waals surface area contributed by atoms with Crippen molar-refractivity contribution in [2.45, 2.75) is 19.4 Å². The van der Waals surface area contributed by atoms with Gasteiger partial charge in [-0.15, -0.1) is 12.1 Å². The third-order valence-corrected chi connectivity index (χ3v) is 1.98. The molecule has 1 rings (SSSR count). The van der Waals surface area contributed by atoms with Gasteiger partial charge in [-0.05, 0) is 13.8 Å². The molecule has 0 spiro atoms. The van der Waals surface area contributed by atoms with Crippen molar-refractivity contribution < 1.29 is 21.7 Å². The molecule has 0 aliphatic carbocycles. The number of halogens is 1. The Bertz CT molecular complexity index is 272. The molecule has 0 N–H and O–H groups in total. The minimum atomic E-state index is -0.247. The van der Waals surface area contributed by atoms with Gasteiger partial charge in [-0.25, -0.2) is 0 Å². The third-order valence-electron chi connectivity index (χ3n) is 1.98. The molecule has 0 aromatic heterocycles. The molecule has 1 aromatic carbocycles. The van der Waals surface area contributed by atoms with E-state index in [1.54, 1.807) is 6.08 Å². The van der Waals surface area contributed by atoms with E-state index in [-0.39, 0.29) is 45.6 Å². The maximum Gasteiger partial charge on any atom is 2.00 e. The van der Waals surface area contributed by atoms with Gasteiger partial charge < -0.3 is 21.7 Å². The van der Waals surface area contributed by atoms with Gasteiger partial charge in [0.15, 0.2) is 0 Å². The van der Waals surface area contributed by atoms with Crippen LogP contribution in [0.5, 0.6) is 0 Å². The summed E-state index contributed by atoms with van der Waals surface area (Å²) in [5.74, 6) is 0. The van der Waals surface area contributed by atoms with Gasteiger partial charge in [-0.2, -0.15) is 30.3 Å². The first-order valence-corrected chi connectivity index (χ1v) is 4.38. The van der Waals surface area contributed by atoms with E-state index in [0.29, 0.717) is 6.61 Å². The zero-order valence-electron chi connectivity index (χ0n) is 9.29. The first kappa shape index (κ1) is 17.6. The third kappa shape index (κ3) is 5.71. The van der Waals surface area contributed by atoms with E-state index in [4.69, 9.17) is 4.74 Å². The molecule has 0 aliphatic rings. The largest absolute Gasteiger partial charge is 2.00 e. The standard InChI is InChI=1S/C12H15O.BrH.Mg/c1-4-10-13-12(2,3)11-8-6-5-7-9-11;;/h4,6-9H,1,10H2,2-3H3;1H;/q-1;;+2/p-1. The van der Waals surface area contributed by atoms with Gasteiger partial charge in [-0.3, -0.25) is 0 Å². The SMILES string of the molecule is C=CCOC(C)(C)c1cc[c-]cc1.[Br-].[Mg+2]. The summed E-state index contributed by atoms with van der Waals surface area (Å²) in [6.45, 7) is 8.30. The Kier molecular flexibility index (Phi) is 9.75.